The Morgan fingerprint density at radius 1 is 1.06 bits per heavy atom. The van der Waals surface area contributed by atoms with E-state index in [9.17, 15) is 0 Å². The fourth-order valence-electron chi connectivity index (χ4n) is 2.72. The Bertz CT molecular complexity index is 360. The summed E-state index contributed by atoms with van der Waals surface area (Å²) >= 11 is 0. The van der Waals surface area contributed by atoms with Gasteiger partial charge < -0.3 is 0 Å². The van der Waals surface area contributed by atoms with E-state index in [4.69, 9.17) is 0 Å². The molecule has 2 aliphatic carbocycles. The van der Waals surface area contributed by atoms with Gasteiger partial charge in [-0.2, -0.15) is 0 Å². The molecule has 0 aliphatic heterocycles. The van der Waals surface area contributed by atoms with Crippen LogP contribution in [0.25, 0.3) is 0 Å². The van der Waals surface area contributed by atoms with Crippen LogP contribution in [-0.2, 0) is 6.54 Å². The molecule has 2 saturated carbocycles. The van der Waals surface area contributed by atoms with Gasteiger partial charge in [0.2, 0.25) is 0 Å². The first-order chi connectivity index (χ1) is 8.31. The first-order valence-electron chi connectivity index (χ1n) is 7.11. The third-order valence-corrected chi connectivity index (χ3v) is 4.29. The van der Waals surface area contributed by atoms with E-state index >= 15 is 0 Å². The van der Waals surface area contributed by atoms with Crippen LogP contribution in [0.2, 0.25) is 0 Å². The van der Waals surface area contributed by atoms with E-state index in [1.165, 1.54) is 56.3 Å². The van der Waals surface area contributed by atoms with E-state index in [0.29, 0.717) is 0 Å². The van der Waals surface area contributed by atoms with Crippen LogP contribution in [-0.4, -0.2) is 17.5 Å². The molecule has 0 unspecified atom stereocenters. The third kappa shape index (κ3) is 2.90. The van der Waals surface area contributed by atoms with Gasteiger partial charge in [0.1, 0.15) is 0 Å². The molecule has 0 heterocycles. The zero-order valence-corrected chi connectivity index (χ0v) is 10.9. The number of aryl methyl sites for hydroxylation is 1. The van der Waals surface area contributed by atoms with Gasteiger partial charge in [-0.25, -0.2) is 0 Å². The van der Waals surface area contributed by atoms with Gasteiger partial charge >= 0.3 is 0 Å². The molecule has 0 bridgehead atoms. The standard InChI is InChI=1S/C16H23N/c1-13-5-7-15(8-6-13)12-17(16-9-10-16)11-14-3-2-4-14/h5-8,14,16H,2-4,9-12H2,1H3. The molecule has 2 aliphatic rings. The minimum atomic E-state index is 0.900. The second-order valence-electron chi connectivity index (χ2n) is 5.94. The highest BCUT2D eigenvalue weighted by molar-refractivity contribution is 5.21. The zero-order chi connectivity index (χ0) is 11.7. The molecule has 3 rings (SSSR count). The Morgan fingerprint density at radius 3 is 2.29 bits per heavy atom. The monoisotopic (exact) mass is 229 g/mol. The van der Waals surface area contributed by atoms with Gasteiger partial charge in [0.15, 0.2) is 0 Å². The van der Waals surface area contributed by atoms with Crippen LogP contribution < -0.4 is 0 Å². The first kappa shape index (κ1) is 11.3. The minimum Gasteiger partial charge on any atom is -0.296 e. The predicted octanol–water partition coefficient (Wildman–Crippen LogP) is 3.76. The Labute approximate surface area is 105 Å². The van der Waals surface area contributed by atoms with Crippen LogP contribution in [0.5, 0.6) is 0 Å². The van der Waals surface area contributed by atoms with Crippen LogP contribution >= 0.6 is 0 Å². The van der Waals surface area contributed by atoms with Gasteiger partial charge in [-0.1, -0.05) is 36.2 Å². The van der Waals surface area contributed by atoms with Crippen LogP contribution in [0.3, 0.4) is 0 Å². The van der Waals surface area contributed by atoms with Crippen molar-refractivity contribution in [3.63, 3.8) is 0 Å². The highest BCUT2D eigenvalue weighted by Crippen LogP contribution is 2.33. The molecule has 0 N–H and O–H groups in total. The normalized spacial score (nSPS) is 20.6. The summed E-state index contributed by atoms with van der Waals surface area (Å²) in [6.07, 6.45) is 7.26. The van der Waals surface area contributed by atoms with Crippen molar-refractivity contribution in [1.29, 1.82) is 0 Å². The van der Waals surface area contributed by atoms with Crippen molar-refractivity contribution in [2.24, 2.45) is 5.92 Å². The van der Waals surface area contributed by atoms with E-state index in [1.54, 1.807) is 0 Å². The molecule has 1 aromatic carbocycles. The molecular weight excluding hydrogens is 206 g/mol. The lowest BCUT2D eigenvalue weighted by Crippen LogP contribution is -2.33. The van der Waals surface area contributed by atoms with Gasteiger partial charge in [-0.05, 0) is 44.1 Å². The zero-order valence-electron chi connectivity index (χ0n) is 10.9. The van der Waals surface area contributed by atoms with Gasteiger partial charge in [0.05, 0.1) is 0 Å². The average molecular weight is 229 g/mol. The van der Waals surface area contributed by atoms with Crippen LogP contribution in [0.4, 0.5) is 0 Å². The lowest BCUT2D eigenvalue weighted by atomic mass is 9.85. The summed E-state index contributed by atoms with van der Waals surface area (Å²) in [4.78, 5) is 2.73. The van der Waals surface area contributed by atoms with Gasteiger partial charge in [-0.15, -0.1) is 0 Å². The van der Waals surface area contributed by atoms with Crippen molar-refractivity contribution in [2.75, 3.05) is 6.54 Å². The second-order valence-corrected chi connectivity index (χ2v) is 5.94. The molecule has 1 heteroatoms. The number of hydrogen-bond acceptors (Lipinski definition) is 1. The SMILES string of the molecule is Cc1ccc(CN(CC2CCC2)C2CC2)cc1. The Balaban J connectivity index is 1.60. The van der Waals surface area contributed by atoms with Crippen molar-refractivity contribution in [1.82, 2.24) is 4.90 Å². The predicted molar refractivity (Wildman–Crippen MR) is 72.0 cm³/mol. The van der Waals surface area contributed by atoms with E-state index in [0.717, 1.165) is 12.0 Å². The lowest BCUT2D eigenvalue weighted by molar-refractivity contribution is 0.164. The summed E-state index contributed by atoms with van der Waals surface area (Å²) in [6, 6.07) is 9.97. The summed E-state index contributed by atoms with van der Waals surface area (Å²) in [5.74, 6) is 1.00. The molecule has 0 amide bonds. The van der Waals surface area contributed by atoms with Crippen LogP contribution in [0.1, 0.15) is 43.2 Å². The second kappa shape index (κ2) is 4.81. The van der Waals surface area contributed by atoms with E-state index in [-0.39, 0.29) is 0 Å². The first-order valence-corrected chi connectivity index (χ1v) is 7.11. The molecule has 0 saturated heterocycles. The fourth-order valence-corrected chi connectivity index (χ4v) is 2.72. The molecule has 1 nitrogen and oxygen atoms in total. The van der Waals surface area contributed by atoms with E-state index in [1.807, 2.05) is 0 Å². The highest BCUT2D eigenvalue weighted by Gasteiger charge is 2.31. The minimum absolute atomic E-state index is 0.900. The molecule has 2 fully saturated rings. The Kier molecular flexibility index (Phi) is 3.19. The number of hydrogen-bond donors (Lipinski definition) is 0. The largest absolute Gasteiger partial charge is 0.296 e. The Hall–Kier alpha value is -0.820. The number of rotatable bonds is 5. The van der Waals surface area contributed by atoms with Gasteiger partial charge in [0.25, 0.3) is 0 Å². The molecule has 0 atom stereocenters. The topological polar surface area (TPSA) is 3.24 Å². The van der Waals surface area contributed by atoms with Crippen molar-refractivity contribution < 1.29 is 0 Å². The third-order valence-electron chi connectivity index (χ3n) is 4.29. The summed E-state index contributed by atoms with van der Waals surface area (Å²) < 4.78 is 0. The average Bonchev–Trinajstić information content (AvgIpc) is 3.08. The molecule has 0 aromatic heterocycles. The van der Waals surface area contributed by atoms with Gasteiger partial charge in [0, 0.05) is 19.1 Å². The van der Waals surface area contributed by atoms with Crippen molar-refractivity contribution >= 4 is 0 Å². The van der Waals surface area contributed by atoms with Crippen LogP contribution in [0, 0.1) is 12.8 Å². The van der Waals surface area contributed by atoms with Crippen molar-refractivity contribution in [3.8, 4) is 0 Å². The molecule has 0 spiro atoms. The van der Waals surface area contributed by atoms with E-state index < -0.39 is 0 Å². The van der Waals surface area contributed by atoms with E-state index in [2.05, 4.69) is 36.1 Å². The Morgan fingerprint density at radius 2 is 1.76 bits per heavy atom. The summed E-state index contributed by atoms with van der Waals surface area (Å²) in [7, 11) is 0. The van der Waals surface area contributed by atoms with Crippen LogP contribution in [0.15, 0.2) is 24.3 Å². The molecule has 17 heavy (non-hydrogen) atoms. The molecule has 92 valence electrons. The van der Waals surface area contributed by atoms with Crippen molar-refractivity contribution in [2.45, 2.75) is 51.6 Å². The summed E-state index contributed by atoms with van der Waals surface area (Å²) in [6.45, 7) is 4.68. The smallest absolute Gasteiger partial charge is 0.0236 e. The lowest BCUT2D eigenvalue weighted by Gasteiger charge is -2.32. The highest BCUT2D eigenvalue weighted by atomic mass is 15.2. The van der Waals surface area contributed by atoms with Crippen molar-refractivity contribution in [3.05, 3.63) is 35.4 Å². The van der Waals surface area contributed by atoms with Gasteiger partial charge in [-0.3, -0.25) is 4.90 Å². The quantitative estimate of drug-likeness (QED) is 0.743. The summed E-state index contributed by atoms with van der Waals surface area (Å²) in [5.41, 5.74) is 2.85. The summed E-state index contributed by atoms with van der Waals surface area (Å²) in [5, 5.41) is 0. The molecular formula is C16H23N. The fraction of sp³-hybridized carbons (Fsp3) is 0.625. The number of nitrogens with zero attached hydrogens (tertiary/aromatic N) is 1. The molecule has 0 radical (unpaired) electrons. The maximum absolute atomic E-state index is 2.73. The number of benzene rings is 1. The molecule has 1 aromatic rings. The maximum atomic E-state index is 2.73. The maximum Gasteiger partial charge on any atom is 0.0236 e.